The van der Waals surface area contributed by atoms with E-state index >= 15 is 0 Å². The minimum absolute atomic E-state index is 0.189. The van der Waals surface area contributed by atoms with Crippen molar-refractivity contribution in [2.45, 2.75) is 32.6 Å². The molecule has 4 aromatic rings. The fourth-order valence-corrected chi connectivity index (χ4v) is 5.07. The van der Waals surface area contributed by atoms with Crippen LogP contribution >= 0.6 is 11.3 Å². The molecule has 1 aliphatic carbocycles. The summed E-state index contributed by atoms with van der Waals surface area (Å²) in [5.74, 6) is 0.379. The van der Waals surface area contributed by atoms with Crippen LogP contribution in [0, 0.1) is 13.8 Å². The molecule has 0 unspecified atom stereocenters. The van der Waals surface area contributed by atoms with Crippen LogP contribution in [0.25, 0.3) is 15.3 Å². The SMILES string of the molecule is Cc1ccccc1[C@@H]1CC(=O)c2c(C)nn(-c3nc4ccccc4s3)c2C1. The lowest BCUT2D eigenvalue weighted by Gasteiger charge is -2.24. The zero-order chi connectivity index (χ0) is 18.5. The first-order valence-electron chi connectivity index (χ1n) is 9.15. The predicted octanol–water partition coefficient (Wildman–Crippen LogP) is 5.01. The summed E-state index contributed by atoms with van der Waals surface area (Å²) in [5.41, 5.74) is 6.05. The largest absolute Gasteiger partial charge is 0.294 e. The van der Waals surface area contributed by atoms with Gasteiger partial charge in [0.05, 0.1) is 27.2 Å². The lowest BCUT2D eigenvalue weighted by Crippen LogP contribution is -2.21. The molecule has 1 aliphatic rings. The molecular weight excluding hydrogens is 354 g/mol. The van der Waals surface area contributed by atoms with Gasteiger partial charge in [-0.3, -0.25) is 4.79 Å². The van der Waals surface area contributed by atoms with E-state index in [0.29, 0.717) is 6.42 Å². The van der Waals surface area contributed by atoms with Crippen molar-refractivity contribution in [3.05, 3.63) is 76.6 Å². The van der Waals surface area contributed by atoms with E-state index in [0.717, 1.165) is 38.7 Å². The predicted molar refractivity (Wildman–Crippen MR) is 108 cm³/mol. The Morgan fingerprint density at radius 1 is 1.04 bits per heavy atom. The standard InChI is InChI=1S/C22H19N3OS/c1-13-7-3-4-8-16(13)15-11-18-21(19(26)12-15)14(2)24-25(18)22-23-17-9-5-6-10-20(17)27-22/h3-10,15H,11-12H2,1-2H3/t15-/m0/s1. The number of ketones is 1. The highest BCUT2D eigenvalue weighted by Crippen LogP contribution is 2.37. The fourth-order valence-electron chi connectivity index (χ4n) is 4.13. The first-order chi connectivity index (χ1) is 13.1. The van der Waals surface area contributed by atoms with Crippen LogP contribution in [0.4, 0.5) is 0 Å². The average molecular weight is 373 g/mol. The Labute approximate surface area is 161 Å². The molecule has 2 heterocycles. The number of hydrogen-bond acceptors (Lipinski definition) is 4. The highest BCUT2D eigenvalue weighted by atomic mass is 32.1. The molecule has 5 heteroatoms. The smallest absolute Gasteiger partial charge is 0.211 e. The Bertz CT molecular complexity index is 1150. The molecule has 0 saturated heterocycles. The Kier molecular flexibility index (Phi) is 3.72. The molecule has 0 spiro atoms. The summed E-state index contributed by atoms with van der Waals surface area (Å²) in [4.78, 5) is 17.7. The number of benzene rings is 2. The number of nitrogens with zero attached hydrogens (tertiary/aromatic N) is 3. The van der Waals surface area contributed by atoms with Crippen molar-refractivity contribution in [1.29, 1.82) is 0 Å². The van der Waals surface area contributed by atoms with Crippen molar-refractivity contribution in [2.24, 2.45) is 0 Å². The molecule has 0 amide bonds. The van der Waals surface area contributed by atoms with Crippen LogP contribution in [0.2, 0.25) is 0 Å². The van der Waals surface area contributed by atoms with Crippen molar-refractivity contribution in [3.63, 3.8) is 0 Å². The lowest BCUT2D eigenvalue weighted by molar-refractivity contribution is 0.0963. The topological polar surface area (TPSA) is 47.8 Å². The minimum atomic E-state index is 0.189. The number of hydrogen-bond donors (Lipinski definition) is 0. The van der Waals surface area contributed by atoms with Gasteiger partial charge >= 0.3 is 0 Å². The molecular formula is C22H19N3OS. The van der Waals surface area contributed by atoms with E-state index in [-0.39, 0.29) is 11.7 Å². The van der Waals surface area contributed by atoms with E-state index in [1.807, 2.05) is 35.9 Å². The van der Waals surface area contributed by atoms with Crippen LogP contribution in [-0.4, -0.2) is 20.5 Å². The van der Waals surface area contributed by atoms with Crippen LogP contribution in [-0.2, 0) is 6.42 Å². The second-order valence-electron chi connectivity index (χ2n) is 7.17. The third-order valence-electron chi connectivity index (χ3n) is 5.40. The third kappa shape index (κ3) is 2.61. The van der Waals surface area contributed by atoms with Crippen LogP contribution in [0.5, 0.6) is 0 Å². The van der Waals surface area contributed by atoms with Crippen molar-refractivity contribution in [2.75, 3.05) is 0 Å². The van der Waals surface area contributed by atoms with E-state index < -0.39 is 0 Å². The lowest BCUT2D eigenvalue weighted by atomic mass is 9.80. The maximum absolute atomic E-state index is 12.9. The zero-order valence-corrected chi connectivity index (χ0v) is 16.1. The van der Waals surface area contributed by atoms with Crippen LogP contribution in [0.3, 0.4) is 0 Å². The van der Waals surface area contributed by atoms with E-state index in [4.69, 9.17) is 10.1 Å². The fraction of sp³-hybridized carbons (Fsp3) is 0.227. The molecule has 5 rings (SSSR count). The highest BCUT2D eigenvalue weighted by molar-refractivity contribution is 7.20. The van der Waals surface area contributed by atoms with Crippen molar-refractivity contribution in [1.82, 2.24) is 14.8 Å². The Morgan fingerprint density at radius 3 is 2.63 bits per heavy atom. The van der Waals surface area contributed by atoms with Crippen molar-refractivity contribution in [3.8, 4) is 5.13 Å². The van der Waals surface area contributed by atoms with E-state index in [2.05, 4.69) is 31.2 Å². The van der Waals surface area contributed by atoms with Gasteiger partial charge in [-0.1, -0.05) is 47.7 Å². The number of para-hydroxylation sites is 1. The molecule has 4 nitrogen and oxygen atoms in total. The van der Waals surface area contributed by atoms with E-state index in [1.165, 1.54) is 11.1 Å². The molecule has 0 radical (unpaired) electrons. The summed E-state index contributed by atoms with van der Waals surface area (Å²) >= 11 is 1.62. The number of fused-ring (bicyclic) bond motifs is 2. The normalized spacial score (nSPS) is 16.7. The number of thiazole rings is 1. The van der Waals surface area contributed by atoms with Crippen LogP contribution in [0.1, 0.15) is 45.2 Å². The summed E-state index contributed by atoms with van der Waals surface area (Å²) in [6.07, 6.45) is 1.35. The Hall–Kier alpha value is -2.79. The Balaban J connectivity index is 1.64. The second-order valence-corrected chi connectivity index (χ2v) is 8.18. The van der Waals surface area contributed by atoms with Gasteiger partial charge in [0.25, 0.3) is 0 Å². The Morgan fingerprint density at radius 2 is 1.81 bits per heavy atom. The van der Waals surface area contributed by atoms with Gasteiger partial charge in [0.15, 0.2) is 5.78 Å². The van der Waals surface area contributed by atoms with Gasteiger partial charge in [-0.2, -0.15) is 5.10 Å². The third-order valence-corrected chi connectivity index (χ3v) is 6.41. The molecule has 27 heavy (non-hydrogen) atoms. The van der Waals surface area contributed by atoms with Gasteiger partial charge in [0, 0.05) is 6.42 Å². The summed E-state index contributed by atoms with van der Waals surface area (Å²) < 4.78 is 3.03. The summed E-state index contributed by atoms with van der Waals surface area (Å²) in [7, 11) is 0. The van der Waals surface area contributed by atoms with Gasteiger partial charge < -0.3 is 0 Å². The van der Waals surface area contributed by atoms with Crippen molar-refractivity contribution < 1.29 is 4.79 Å². The molecule has 2 aromatic carbocycles. The quantitative estimate of drug-likeness (QED) is 0.496. The van der Waals surface area contributed by atoms with Crippen molar-refractivity contribution >= 4 is 27.3 Å². The maximum Gasteiger partial charge on any atom is 0.211 e. The number of aromatic nitrogens is 3. The molecule has 0 bridgehead atoms. The molecule has 134 valence electrons. The van der Waals surface area contributed by atoms with Gasteiger partial charge in [-0.15, -0.1) is 0 Å². The van der Waals surface area contributed by atoms with Gasteiger partial charge in [0.1, 0.15) is 0 Å². The second kappa shape index (κ2) is 6.13. The first-order valence-corrected chi connectivity index (χ1v) is 9.96. The summed E-state index contributed by atoms with van der Waals surface area (Å²) in [6, 6.07) is 16.5. The number of rotatable bonds is 2. The molecule has 2 aromatic heterocycles. The summed E-state index contributed by atoms with van der Waals surface area (Å²) in [6.45, 7) is 4.04. The van der Waals surface area contributed by atoms with Gasteiger partial charge in [0.2, 0.25) is 5.13 Å². The van der Waals surface area contributed by atoms with E-state index in [9.17, 15) is 4.79 Å². The van der Waals surface area contributed by atoms with Gasteiger partial charge in [-0.05, 0) is 49.4 Å². The maximum atomic E-state index is 12.9. The zero-order valence-electron chi connectivity index (χ0n) is 15.3. The highest BCUT2D eigenvalue weighted by Gasteiger charge is 2.33. The number of carbonyl (C=O) groups excluding carboxylic acids is 1. The first kappa shape index (κ1) is 16.4. The number of aryl methyl sites for hydroxylation is 2. The molecule has 0 fully saturated rings. The number of Topliss-reactive ketones (excluding diaryl/α,β-unsaturated/α-hetero) is 1. The number of carbonyl (C=O) groups is 1. The molecule has 0 N–H and O–H groups in total. The monoisotopic (exact) mass is 373 g/mol. The molecule has 1 atom stereocenters. The van der Waals surface area contributed by atoms with Gasteiger partial charge in [-0.25, -0.2) is 9.67 Å². The van der Waals surface area contributed by atoms with Crippen LogP contribution in [0.15, 0.2) is 48.5 Å². The minimum Gasteiger partial charge on any atom is -0.294 e. The van der Waals surface area contributed by atoms with Crippen LogP contribution < -0.4 is 0 Å². The molecule has 0 aliphatic heterocycles. The molecule has 0 saturated carbocycles. The summed E-state index contributed by atoms with van der Waals surface area (Å²) in [5, 5.41) is 5.53. The van der Waals surface area contributed by atoms with E-state index in [1.54, 1.807) is 11.3 Å². The average Bonchev–Trinajstić information content (AvgIpc) is 3.23.